The summed E-state index contributed by atoms with van der Waals surface area (Å²) in [6, 6.07) is 16.4. The maximum absolute atomic E-state index is 12.5. The average Bonchev–Trinajstić information content (AvgIpc) is 3.07. The Kier molecular flexibility index (Phi) is 4.88. The minimum Gasteiger partial charge on any atom is -0.355 e. The number of hydrogen-bond donors (Lipinski definition) is 0. The van der Waals surface area contributed by atoms with Crippen molar-refractivity contribution < 1.29 is 9.32 Å². The largest absolute Gasteiger partial charge is 0.355 e. The van der Waals surface area contributed by atoms with Gasteiger partial charge in [-0.2, -0.15) is 0 Å². The molecule has 3 aromatic rings. The minimum atomic E-state index is -0.214. The molecule has 3 rings (SSSR count). The van der Waals surface area contributed by atoms with E-state index < -0.39 is 0 Å². The summed E-state index contributed by atoms with van der Waals surface area (Å²) < 4.78 is 5.27. The Balaban J connectivity index is 1.77. The fourth-order valence-electron chi connectivity index (χ4n) is 2.29. The summed E-state index contributed by atoms with van der Waals surface area (Å²) in [5, 5.41) is 4.74. The molecule has 0 spiro atoms. The number of hydrogen-bond acceptors (Lipinski definition) is 3. The number of aromatic nitrogens is 1. The van der Waals surface area contributed by atoms with E-state index in [-0.39, 0.29) is 11.6 Å². The summed E-state index contributed by atoms with van der Waals surface area (Å²) in [5.41, 5.74) is 2.00. The fraction of sp³-hybridized carbons (Fsp3) is 0.111. The van der Waals surface area contributed by atoms with Crippen molar-refractivity contribution in [3.8, 4) is 11.3 Å². The molecule has 2 aromatic carbocycles. The number of carbonyl (C=O) groups is 1. The monoisotopic (exact) mass is 360 g/mol. The van der Waals surface area contributed by atoms with Crippen LogP contribution >= 0.6 is 23.2 Å². The number of halogens is 2. The molecule has 1 heterocycles. The smallest absolute Gasteiger partial charge is 0.276 e. The van der Waals surface area contributed by atoms with E-state index >= 15 is 0 Å². The first-order valence-electron chi connectivity index (χ1n) is 7.26. The van der Waals surface area contributed by atoms with Crippen molar-refractivity contribution in [1.29, 1.82) is 0 Å². The highest BCUT2D eigenvalue weighted by Crippen LogP contribution is 2.29. The average molecular weight is 361 g/mol. The molecule has 24 heavy (non-hydrogen) atoms. The van der Waals surface area contributed by atoms with Crippen molar-refractivity contribution in [2.24, 2.45) is 0 Å². The Labute approximate surface area is 149 Å². The Morgan fingerprint density at radius 3 is 2.54 bits per heavy atom. The van der Waals surface area contributed by atoms with Crippen LogP contribution in [0.25, 0.3) is 11.3 Å². The zero-order chi connectivity index (χ0) is 17.1. The first-order valence-corrected chi connectivity index (χ1v) is 8.01. The molecule has 6 heteroatoms. The Bertz CT molecular complexity index is 862. The van der Waals surface area contributed by atoms with Crippen molar-refractivity contribution in [1.82, 2.24) is 10.1 Å². The molecule has 0 N–H and O–H groups in total. The SMILES string of the molecule is CN(Cc1ccccc1)C(=O)c1cc(-c2ccc(Cl)c(Cl)c2)on1. The summed E-state index contributed by atoms with van der Waals surface area (Å²) in [6.45, 7) is 0.495. The van der Waals surface area contributed by atoms with Crippen LogP contribution in [0.3, 0.4) is 0 Å². The standard InChI is InChI=1S/C18H14Cl2N2O2/c1-22(11-12-5-3-2-4-6-12)18(23)16-10-17(24-21-16)13-7-8-14(19)15(20)9-13/h2-10H,11H2,1H3. The van der Waals surface area contributed by atoms with Crippen molar-refractivity contribution in [3.63, 3.8) is 0 Å². The van der Waals surface area contributed by atoms with Gasteiger partial charge < -0.3 is 9.42 Å². The van der Waals surface area contributed by atoms with Crippen LogP contribution in [0.2, 0.25) is 10.0 Å². The van der Waals surface area contributed by atoms with Gasteiger partial charge in [0.05, 0.1) is 10.0 Å². The third kappa shape index (κ3) is 3.61. The Hall–Kier alpha value is -2.30. The van der Waals surface area contributed by atoms with Crippen molar-refractivity contribution >= 4 is 29.1 Å². The van der Waals surface area contributed by atoms with E-state index in [4.69, 9.17) is 27.7 Å². The van der Waals surface area contributed by atoms with Gasteiger partial charge in [0, 0.05) is 25.2 Å². The molecule has 0 saturated carbocycles. The summed E-state index contributed by atoms with van der Waals surface area (Å²) >= 11 is 11.9. The highest BCUT2D eigenvalue weighted by Gasteiger charge is 2.18. The van der Waals surface area contributed by atoms with Crippen molar-refractivity contribution in [2.45, 2.75) is 6.54 Å². The van der Waals surface area contributed by atoms with E-state index in [0.717, 1.165) is 5.56 Å². The molecular weight excluding hydrogens is 347 g/mol. The molecule has 1 aromatic heterocycles. The second kappa shape index (κ2) is 7.07. The summed E-state index contributed by atoms with van der Waals surface area (Å²) in [7, 11) is 1.73. The molecule has 0 atom stereocenters. The van der Waals surface area contributed by atoms with Gasteiger partial charge in [-0.3, -0.25) is 4.79 Å². The normalized spacial score (nSPS) is 10.6. The highest BCUT2D eigenvalue weighted by molar-refractivity contribution is 6.42. The minimum absolute atomic E-state index is 0.214. The second-order valence-corrected chi connectivity index (χ2v) is 6.17. The molecule has 0 aliphatic rings. The molecule has 0 fully saturated rings. The van der Waals surface area contributed by atoms with Gasteiger partial charge in [0.15, 0.2) is 11.5 Å². The quantitative estimate of drug-likeness (QED) is 0.663. The van der Waals surface area contributed by atoms with Gasteiger partial charge in [0.2, 0.25) is 0 Å². The van der Waals surface area contributed by atoms with Crippen molar-refractivity contribution in [3.05, 3.63) is 75.9 Å². The van der Waals surface area contributed by atoms with Crippen LogP contribution in [0.15, 0.2) is 59.1 Å². The number of benzene rings is 2. The molecule has 0 bridgehead atoms. The molecule has 0 radical (unpaired) electrons. The maximum atomic E-state index is 12.5. The second-order valence-electron chi connectivity index (χ2n) is 5.35. The number of carbonyl (C=O) groups excluding carboxylic acids is 1. The lowest BCUT2D eigenvalue weighted by molar-refractivity contribution is 0.0775. The molecule has 0 saturated heterocycles. The van der Waals surface area contributed by atoms with Crippen LogP contribution < -0.4 is 0 Å². The zero-order valence-corrected chi connectivity index (χ0v) is 14.4. The van der Waals surface area contributed by atoms with Gasteiger partial charge >= 0.3 is 0 Å². The van der Waals surface area contributed by atoms with Crippen LogP contribution in [0, 0.1) is 0 Å². The van der Waals surface area contributed by atoms with Crippen LogP contribution in [0.4, 0.5) is 0 Å². The van der Waals surface area contributed by atoms with Crippen LogP contribution in [-0.4, -0.2) is 23.0 Å². The van der Waals surface area contributed by atoms with Gasteiger partial charge in [-0.25, -0.2) is 0 Å². The Morgan fingerprint density at radius 1 is 1.08 bits per heavy atom. The van der Waals surface area contributed by atoms with E-state index in [9.17, 15) is 4.79 Å². The predicted octanol–water partition coefficient (Wildman–Crippen LogP) is 4.92. The van der Waals surface area contributed by atoms with Gasteiger partial charge in [-0.1, -0.05) is 58.7 Å². The molecule has 0 aliphatic carbocycles. The zero-order valence-electron chi connectivity index (χ0n) is 12.9. The maximum Gasteiger partial charge on any atom is 0.276 e. The lowest BCUT2D eigenvalue weighted by atomic mass is 10.1. The number of nitrogens with zero attached hydrogens (tertiary/aromatic N) is 2. The third-order valence-corrected chi connectivity index (χ3v) is 4.28. The van der Waals surface area contributed by atoms with E-state index in [1.54, 1.807) is 36.2 Å². The molecule has 122 valence electrons. The van der Waals surface area contributed by atoms with Crippen molar-refractivity contribution in [2.75, 3.05) is 7.05 Å². The van der Waals surface area contributed by atoms with Crippen LogP contribution in [0.5, 0.6) is 0 Å². The van der Waals surface area contributed by atoms with Gasteiger partial charge in [0.1, 0.15) is 0 Å². The highest BCUT2D eigenvalue weighted by atomic mass is 35.5. The first-order chi connectivity index (χ1) is 11.5. The lowest BCUT2D eigenvalue weighted by Gasteiger charge is -2.15. The van der Waals surface area contributed by atoms with E-state index in [1.165, 1.54) is 0 Å². The van der Waals surface area contributed by atoms with Crippen LogP contribution in [0.1, 0.15) is 16.1 Å². The van der Waals surface area contributed by atoms with Gasteiger partial charge in [0.25, 0.3) is 5.91 Å². The lowest BCUT2D eigenvalue weighted by Crippen LogP contribution is -2.26. The predicted molar refractivity (Wildman–Crippen MR) is 94.2 cm³/mol. The molecule has 1 amide bonds. The number of rotatable bonds is 4. The van der Waals surface area contributed by atoms with E-state index in [2.05, 4.69) is 5.16 Å². The summed E-state index contributed by atoms with van der Waals surface area (Å²) in [4.78, 5) is 14.1. The van der Waals surface area contributed by atoms with Crippen LogP contribution in [-0.2, 0) is 6.54 Å². The molecule has 0 unspecified atom stereocenters. The Morgan fingerprint density at radius 2 is 1.83 bits per heavy atom. The molecular formula is C18H14Cl2N2O2. The van der Waals surface area contributed by atoms with Gasteiger partial charge in [-0.15, -0.1) is 0 Å². The molecule has 4 nitrogen and oxygen atoms in total. The third-order valence-electron chi connectivity index (χ3n) is 3.54. The van der Waals surface area contributed by atoms with E-state index in [0.29, 0.717) is 27.9 Å². The number of amides is 1. The van der Waals surface area contributed by atoms with Gasteiger partial charge in [-0.05, 0) is 23.8 Å². The topological polar surface area (TPSA) is 46.3 Å². The first kappa shape index (κ1) is 16.6. The summed E-state index contributed by atoms with van der Waals surface area (Å²) in [6.07, 6.45) is 0. The van der Waals surface area contributed by atoms with E-state index in [1.807, 2.05) is 30.3 Å². The summed E-state index contributed by atoms with van der Waals surface area (Å²) in [5.74, 6) is 0.249. The molecule has 0 aliphatic heterocycles. The fourth-order valence-corrected chi connectivity index (χ4v) is 2.58.